The molecule has 1 fully saturated rings. The number of thiophene rings is 1. The fraction of sp³-hybridized carbons (Fsp3) is 0.438. The molecule has 3 rings (SSSR count). The largest absolute Gasteiger partial charge is 0.338 e. The number of carbonyl (C=O) groups is 1. The fourth-order valence-electron chi connectivity index (χ4n) is 3.03. The van der Waals surface area contributed by atoms with Gasteiger partial charge in [-0.2, -0.15) is 0 Å². The van der Waals surface area contributed by atoms with Crippen LogP contribution in [-0.4, -0.2) is 34.9 Å². The molecule has 1 atom stereocenters. The van der Waals surface area contributed by atoms with E-state index >= 15 is 0 Å². The van der Waals surface area contributed by atoms with Crippen molar-refractivity contribution in [2.24, 2.45) is 11.7 Å². The number of amides is 1. The van der Waals surface area contributed by atoms with Gasteiger partial charge >= 0.3 is 0 Å². The van der Waals surface area contributed by atoms with Crippen molar-refractivity contribution >= 4 is 45.4 Å². The monoisotopic (exact) mass is 369 g/mol. The van der Waals surface area contributed by atoms with Crippen LogP contribution in [-0.2, 0) is 0 Å². The molecule has 8 heteroatoms. The summed E-state index contributed by atoms with van der Waals surface area (Å²) in [5.41, 5.74) is 5.98. The number of carbonyl (C=O) groups excluding carboxylic acids is 1. The number of nitro benzene ring substituents is 1. The standard InChI is InChI=1S/C16H19N3O3S.ClH/c1-10(17)11-4-6-18(7-5-11)16(20)15-9-12-8-13(19(21)22)2-3-14(12)23-15;/h2-3,8-11H,4-7,17H2,1H3;1H. The second-order valence-electron chi connectivity index (χ2n) is 6.08. The summed E-state index contributed by atoms with van der Waals surface area (Å²) < 4.78 is 0.893. The molecule has 6 nitrogen and oxygen atoms in total. The van der Waals surface area contributed by atoms with E-state index in [0.29, 0.717) is 10.8 Å². The lowest BCUT2D eigenvalue weighted by Gasteiger charge is -2.33. The minimum atomic E-state index is -0.419. The van der Waals surface area contributed by atoms with Gasteiger partial charge in [-0.1, -0.05) is 0 Å². The zero-order chi connectivity index (χ0) is 16.6. The molecular formula is C16H20ClN3O3S. The third kappa shape index (κ3) is 3.68. The number of fused-ring (bicyclic) bond motifs is 1. The van der Waals surface area contributed by atoms with Crippen molar-refractivity contribution in [3.63, 3.8) is 0 Å². The Kier molecular flexibility index (Phi) is 5.79. The van der Waals surface area contributed by atoms with E-state index in [1.165, 1.54) is 23.5 Å². The van der Waals surface area contributed by atoms with Crippen LogP contribution in [0, 0.1) is 16.0 Å². The summed E-state index contributed by atoms with van der Waals surface area (Å²) in [6, 6.07) is 6.62. The van der Waals surface area contributed by atoms with Gasteiger partial charge in [-0.25, -0.2) is 0 Å². The first-order valence-electron chi connectivity index (χ1n) is 7.68. The van der Waals surface area contributed by atoms with Crippen LogP contribution < -0.4 is 5.73 Å². The highest BCUT2D eigenvalue weighted by Crippen LogP contribution is 2.30. The van der Waals surface area contributed by atoms with Crippen LogP contribution in [0.3, 0.4) is 0 Å². The molecule has 0 bridgehead atoms. The molecule has 0 aliphatic carbocycles. The van der Waals surface area contributed by atoms with Gasteiger partial charge in [0.2, 0.25) is 0 Å². The number of nitrogens with zero attached hydrogens (tertiary/aromatic N) is 2. The van der Waals surface area contributed by atoms with Crippen molar-refractivity contribution in [1.82, 2.24) is 4.90 Å². The molecule has 1 unspecified atom stereocenters. The van der Waals surface area contributed by atoms with Crippen molar-refractivity contribution in [2.75, 3.05) is 13.1 Å². The summed E-state index contributed by atoms with van der Waals surface area (Å²) in [7, 11) is 0. The first-order valence-corrected chi connectivity index (χ1v) is 8.50. The predicted octanol–water partition coefficient (Wildman–Crippen LogP) is 3.43. The Hall–Kier alpha value is -1.70. The van der Waals surface area contributed by atoms with Crippen LogP contribution in [0.4, 0.5) is 5.69 Å². The number of hydrogen-bond acceptors (Lipinski definition) is 5. The van der Waals surface area contributed by atoms with Crippen molar-refractivity contribution in [3.05, 3.63) is 39.3 Å². The summed E-state index contributed by atoms with van der Waals surface area (Å²) in [6.07, 6.45) is 1.86. The number of piperidine rings is 1. The van der Waals surface area contributed by atoms with Crippen molar-refractivity contribution in [1.29, 1.82) is 0 Å². The van der Waals surface area contributed by atoms with Crippen molar-refractivity contribution in [3.8, 4) is 0 Å². The minimum Gasteiger partial charge on any atom is -0.338 e. The Morgan fingerprint density at radius 1 is 1.38 bits per heavy atom. The highest BCUT2D eigenvalue weighted by Gasteiger charge is 2.26. The van der Waals surface area contributed by atoms with E-state index in [1.807, 2.05) is 11.8 Å². The Bertz CT molecular complexity index is 754. The molecule has 0 spiro atoms. The van der Waals surface area contributed by atoms with E-state index in [9.17, 15) is 14.9 Å². The highest BCUT2D eigenvalue weighted by molar-refractivity contribution is 7.20. The summed E-state index contributed by atoms with van der Waals surface area (Å²) in [6.45, 7) is 3.46. The van der Waals surface area contributed by atoms with E-state index in [4.69, 9.17) is 5.73 Å². The van der Waals surface area contributed by atoms with E-state index < -0.39 is 4.92 Å². The predicted molar refractivity (Wildman–Crippen MR) is 98.0 cm³/mol. The number of hydrogen-bond donors (Lipinski definition) is 1. The number of non-ortho nitro benzene ring substituents is 1. The number of nitro groups is 1. The Morgan fingerprint density at radius 2 is 2.04 bits per heavy atom. The minimum absolute atomic E-state index is 0. The van der Waals surface area contributed by atoms with Gasteiger partial charge in [0.25, 0.3) is 11.6 Å². The molecule has 1 aliphatic heterocycles. The van der Waals surface area contributed by atoms with E-state index in [0.717, 1.165) is 36.0 Å². The summed E-state index contributed by atoms with van der Waals surface area (Å²) in [4.78, 5) is 25.6. The second-order valence-corrected chi connectivity index (χ2v) is 7.16. The average molecular weight is 370 g/mol. The lowest BCUT2D eigenvalue weighted by atomic mass is 9.91. The molecular weight excluding hydrogens is 350 g/mol. The fourth-order valence-corrected chi connectivity index (χ4v) is 4.04. The van der Waals surface area contributed by atoms with Gasteiger partial charge in [-0.05, 0) is 37.8 Å². The zero-order valence-corrected chi connectivity index (χ0v) is 14.9. The third-order valence-electron chi connectivity index (χ3n) is 4.49. The topological polar surface area (TPSA) is 89.5 Å². The number of halogens is 1. The second kappa shape index (κ2) is 7.46. The molecule has 1 aromatic carbocycles. The number of benzene rings is 1. The normalized spacial score (nSPS) is 16.7. The Labute approximate surface area is 150 Å². The first-order chi connectivity index (χ1) is 11.0. The van der Waals surface area contributed by atoms with Crippen molar-refractivity contribution in [2.45, 2.75) is 25.8 Å². The van der Waals surface area contributed by atoms with Gasteiger partial charge in [0.05, 0.1) is 9.80 Å². The summed E-state index contributed by atoms with van der Waals surface area (Å²) in [5, 5.41) is 11.6. The molecule has 1 saturated heterocycles. The van der Waals surface area contributed by atoms with E-state index in [1.54, 1.807) is 12.1 Å². The SMILES string of the molecule is CC(N)C1CCN(C(=O)c2cc3cc([N+](=O)[O-])ccc3s2)CC1.Cl. The smallest absolute Gasteiger partial charge is 0.270 e. The Balaban J connectivity index is 0.00000208. The maximum absolute atomic E-state index is 12.6. The molecule has 130 valence electrons. The molecule has 0 saturated carbocycles. The molecule has 2 aromatic rings. The quantitative estimate of drug-likeness (QED) is 0.663. The van der Waals surface area contributed by atoms with Crippen LogP contribution in [0.2, 0.25) is 0 Å². The van der Waals surface area contributed by atoms with Crippen molar-refractivity contribution < 1.29 is 9.72 Å². The van der Waals surface area contributed by atoms with Crippen LogP contribution in [0.25, 0.3) is 10.1 Å². The Morgan fingerprint density at radius 3 is 2.62 bits per heavy atom. The third-order valence-corrected chi connectivity index (χ3v) is 5.60. The van der Waals surface area contributed by atoms with Crippen LogP contribution in [0.15, 0.2) is 24.3 Å². The average Bonchev–Trinajstić information content (AvgIpc) is 2.97. The molecule has 2 N–H and O–H groups in total. The van der Waals surface area contributed by atoms with Crippen LogP contribution in [0.5, 0.6) is 0 Å². The molecule has 0 radical (unpaired) electrons. The molecule has 1 aliphatic rings. The van der Waals surface area contributed by atoms with E-state index in [2.05, 4.69) is 0 Å². The van der Waals surface area contributed by atoms with Gasteiger partial charge in [0, 0.05) is 41.4 Å². The molecule has 24 heavy (non-hydrogen) atoms. The first kappa shape index (κ1) is 18.6. The number of nitrogens with two attached hydrogens (primary N) is 1. The number of likely N-dealkylation sites (tertiary alicyclic amines) is 1. The van der Waals surface area contributed by atoms with Gasteiger partial charge in [-0.15, -0.1) is 23.7 Å². The van der Waals surface area contributed by atoms with Gasteiger partial charge in [-0.3, -0.25) is 14.9 Å². The lowest BCUT2D eigenvalue weighted by Crippen LogP contribution is -2.42. The zero-order valence-electron chi connectivity index (χ0n) is 13.3. The van der Waals surface area contributed by atoms with Gasteiger partial charge < -0.3 is 10.6 Å². The summed E-state index contributed by atoms with van der Waals surface area (Å²) in [5.74, 6) is 0.487. The maximum Gasteiger partial charge on any atom is 0.270 e. The lowest BCUT2D eigenvalue weighted by molar-refractivity contribution is -0.384. The highest BCUT2D eigenvalue weighted by atomic mass is 35.5. The van der Waals surface area contributed by atoms with Crippen LogP contribution in [0.1, 0.15) is 29.4 Å². The van der Waals surface area contributed by atoms with Crippen LogP contribution >= 0.6 is 23.7 Å². The molecule has 2 heterocycles. The maximum atomic E-state index is 12.6. The molecule has 1 amide bonds. The molecule has 1 aromatic heterocycles. The van der Waals surface area contributed by atoms with Gasteiger partial charge in [0.15, 0.2) is 0 Å². The summed E-state index contributed by atoms with van der Waals surface area (Å²) >= 11 is 1.39. The number of rotatable bonds is 3. The van der Waals surface area contributed by atoms with E-state index in [-0.39, 0.29) is 30.0 Å². The van der Waals surface area contributed by atoms with Gasteiger partial charge in [0.1, 0.15) is 0 Å².